The Morgan fingerprint density at radius 3 is 2.53 bits per heavy atom. The van der Waals surface area contributed by atoms with E-state index in [0.717, 1.165) is 18.4 Å². The van der Waals surface area contributed by atoms with Crippen LogP contribution in [0.25, 0.3) is 0 Å². The van der Waals surface area contributed by atoms with Crippen LogP contribution in [0.15, 0.2) is 30.3 Å². The van der Waals surface area contributed by atoms with Gasteiger partial charge in [0.1, 0.15) is 0 Å². The number of nitrogens with two attached hydrogens (primary N) is 1. The van der Waals surface area contributed by atoms with Gasteiger partial charge in [-0.3, -0.25) is 0 Å². The van der Waals surface area contributed by atoms with Gasteiger partial charge in [0, 0.05) is 0 Å². The van der Waals surface area contributed by atoms with Gasteiger partial charge in [-0.05, 0) is 18.4 Å². The van der Waals surface area contributed by atoms with Crippen molar-refractivity contribution in [2.75, 3.05) is 6.61 Å². The summed E-state index contributed by atoms with van der Waals surface area (Å²) in [6.07, 6.45) is 1.92. The molecule has 0 saturated heterocycles. The largest absolute Gasteiger partial charge is 0.395 e. The minimum absolute atomic E-state index is 0.00517. The lowest BCUT2D eigenvalue weighted by Gasteiger charge is -2.22. The normalized spacial score (nSPS) is 19.9. The summed E-state index contributed by atoms with van der Waals surface area (Å²) in [7, 11) is 0. The van der Waals surface area contributed by atoms with Gasteiger partial charge >= 0.3 is 0 Å². The van der Waals surface area contributed by atoms with Crippen LogP contribution in [0.2, 0.25) is 0 Å². The van der Waals surface area contributed by atoms with Gasteiger partial charge in [-0.25, -0.2) is 0 Å². The van der Waals surface area contributed by atoms with E-state index >= 15 is 0 Å². The molecule has 0 spiro atoms. The number of hydrogen-bond acceptors (Lipinski definition) is 3. The Labute approximate surface area is 89.9 Å². The second kappa shape index (κ2) is 4.31. The Hall–Kier alpha value is -0.900. The quantitative estimate of drug-likeness (QED) is 0.759. The van der Waals surface area contributed by atoms with Crippen molar-refractivity contribution in [3.8, 4) is 0 Å². The van der Waals surface area contributed by atoms with Gasteiger partial charge in [0.25, 0.3) is 0 Å². The second-order valence-corrected chi connectivity index (χ2v) is 4.13. The third kappa shape index (κ3) is 2.37. The van der Waals surface area contributed by atoms with E-state index < -0.39 is 0 Å². The molecule has 1 atom stereocenters. The fraction of sp³-hybridized carbons (Fsp3) is 0.500. The van der Waals surface area contributed by atoms with Crippen LogP contribution in [-0.2, 0) is 11.3 Å². The van der Waals surface area contributed by atoms with Crippen LogP contribution >= 0.6 is 0 Å². The van der Waals surface area contributed by atoms with Gasteiger partial charge in [0.2, 0.25) is 0 Å². The Bertz CT molecular complexity index is 309. The maximum Gasteiger partial charge on any atom is 0.0861 e. The van der Waals surface area contributed by atoms with E-state index in [1.54, 1.807) is 0 Å². The first kappa shape index (κ1) is 10.6. The second-order valence-electron chi connectivity index (χ2n) is 4.13. The van der Waals surface area contributed by atoms with Crippen LogP contribution in [0.3, 0.4) is 0 Å². The molecule has 0 aromatic heterocycles. The number of aliphatic hydroxyl groups is 1. The van der Waals surface area contributed by atoms with Crippen molar-refractivity contribution < 1.29 is 9.84 Å². The summed E-state index contributed by atoms with van der Waals surface area (Å²) in [6, 6.07) is 9.77. The van der Waals surface area contributed by atoms with Crippen molar-refractivity contribution in [1.29, 1.82) is 0 Å². The molecule has 0 bridgehead atoms. The lowest BCUT2D eigenvalue weighted by Crippen LogP contribution is -2.41. The molecule has 1 aliphatic carbocycles. The van der Waals surface area contributed by atoms with Crippen LogP contribution in [-0.4, -0.2) is 23.4 Å². The summed E-state index contributed by atoms with van der Waals surface area (Å²) in [5, 5.41) is 9.00. The molecular weight excluding hydrogens is 190 g/mol. The monoisotopic (exact) mass is 207 g/mol. The number of aliphatic hydroxyl groups excluding tert-OH is 1. The van der Waals surface area contributed by atoms with Gasteiger partial charge in [-0.1, -0.05) is 30.3 Å². The molecular formula is C12H17NO2. The summed E-state index contributed by atoms with van der Waals surface area (Å²) >= 11 is 0. The highest BCUT2D eigenvalue weighted by Crippen LogP contribution is 2.42. The molecule has 1 aromatic carbocycles. The first-order valence-corrected chi connectivity index (χ1v) is 5.31. The van der Waals surface area contributed by atoms with Crippen molar-refractivity contribution in [2.45, 2.75) is 31.1 Å². The lowest BCUT2D eigenvalue weighted by atomic mass is 10.1. The van der Waals surface area contributed by atoms with Crippen LogP contribution in [0.1, 0.15) is 18.4 Å². The van der Waals surface area contributed by atoms with Gasteiger partial charge in [-0.2, -0.15) is 0 Å². The van der Waals surface area contributed by atoms with E-state index in [-0.39, 0.29) is 18.2 Å². The molecule has 82 valence electrons. The minimum atomic E-state index is -0.259. The highest BCUT2D eigenvalue weighted by atomic mass is 16.5. The Kier molecular flexibility index (Phi) is 3.05. The highest BCUT2D eigenvalue weighted by molar-refractivity contribution is 5.14. The molecule has 3 N–H and O–H groups in total. The molecule has 1 aromatic rings. The molecule has 15 heavy (non-hydrogen) atoms. The zero-order chi connectivity index (χ0) is 10.7. The molecule has 2 rings (SSSR count). The molecule has 0 radical (unpaired) electrons. The van der Waals surface area contributed by atoms with E-state index in [1.807, 2.05) is 30.3 Å². The standard InChI is InChI=1S/C12H17NO2/c13-11(8-14)12(6-7-12)15-9-10-4-2-1-3-5-10/h1-5,11,14H,6-9,13H2/t11-/m0/s1. The summed E-state index contributed by atoms with van der Waals surface area (Å²) in [5.74, 6) is 0. The van der Waals surface area contributed by atoms with Crippen molar-refractivity contribution in [1.82, 2.24) is 0 Å². The van der Waals surface area contributed by atoms with E-state index in [4.69, 9.17) is 15.6 Å². The third-order valence-electron chi connectivity index (χ3n) is 2.98. The van der Waals surface area contributed by atoms with E-state index in [9.17, 15) is 0 Å². The van der Waals surface area contributed by atoms with Crippen molar-refractivity contribution in [3.63, 3.8) is 0 Å². The maximum absolute atomic E-state index is 9.00. The van der Waals surface area contributed by atoms with Gasteiger partial charge in [0.15, 0.2) is 0 Å². The maximum atomic E-state index is 9.00. The molecule has 3 heteroatoms. The highest BCUT2D eigenvalue weighted by Gasteiger charge is 2.49. The molecule has 3 nitrogen and oxygen atoms in total. The number of rotatable bonds is 5. The van der Waals surface area contributed by atoms with E-state index in [0.29, 0.717) is 6.61 Å². The zero-order valence-electron chi connectivity index (χ0n) is 8.73. The molecule has 0 aliphatic heterocycles. The lowest BCUT2D eigenvalue weighted by molar-refractivity contribution is -0.00991. The van der Waals surface area contributed by atoms with Gasteiger partial charge < -0.3 is 15.6 Å². The molecule has 0 amide bonds. The number of hydrogen-bond donors (Lipinski definition) is 2. The molecule has 1 aliphatic rings. The minimum Gasteiger partial charge on any atom is -0.395 e. The molecule has 0 heterocycles. The zero-order valence-corrected chi connectivity index (χ0v) is 8.73. The molecule has 1 saturated carbocycles. The van der Waals surface area contributed by atoms with Crippen LogP contribution in [0.5, 0.6) is 0 Å². The average Bonchev–Trinajstić information content (AvgIpc) is 3.08. The Morgan fingerprint density at radius 1 is 1.33 bits per heavy atom. The predicted molar refractivity (Wildman–Crippen MR) is 58.3 cm³/mol. The summed E-state index contributed by atoms with van der Waals surface area (Å²) in [4.78, 5) is 0. The van der Waals surface area contributed by atoms with Crippen molar-refractivity contribution in [3.05, 3.63) is 35.9 Å². The van der Waals surface area contributed by atoms with Crippen molar-refractivity contribution in [2.24, 2.45) is 5.73 Å². The molecule has 1 fully saturated rings. The summed E-state index contributed by atoms with van der Waals surface area (Å²) in [6.45, 7) is 0.573. The van der Waals surface area contributed by atoms with Gasteiger partial charge in [-0.15, -0.1) is 0 Å². The summed E-state index contributed by atoms with van der Waals surface area (Å²) in [5.41, 5.74) is 6.69. The number of ether oxygens (including phenoxy) is 1. The van der Waals surface area contributed by atoms with Crippen LogP contribution in [0, 0.1) is 0 Å². The average molecular weight is 207 g/mol. The predicted octanol–water partition coefficient (Wildman–Crippen LogP) is 1.06. The van der Waals surface area contributed by atoms with E-state index in [1.165, 1.54) is 0 Å². The van der Waals surface area contributed by atoms with Gasteiger partial charge in [0.05, 0.1) is 24.9 Å². The Balaban J connectivity index is 1.89. The number of benzene rings is 1. The molecule has 0 unspecified atom stereocenters. The van der Waals surface area contributed by atoms with E-state index in [2.05, 4.69) is 0 Å². The fourth-order valence-corrected chi connectivity index (χ4v) is 1.71. The SMILES string of the molecule is N[C@@H](CO)C1(OCc2ccccc2)CC1. The first-order valence-electron chi connectivity index (χ1n) is 5.31. The topological polar surface area (TPSA) is 55.5 Å². The summed E-state index contributed by atoms with van der Waals surface area (Å²) < 4.78 is 5.79. The first-order chi connectivity index (χ1) is 7.27. The van der Waals surface area contributed by atoms with Crippen LogP contribution < -0.4 is 5.73 Å². The Morgan fingerprint density at radius 2 is 2.00 bits per heavy atom. The third-order valence-corrected chi connectivity index (χ3v) is 2.98. The fourth-order valence-electron chi connectivity index (χ4n) is 1.71. The van der Waals surface area contributed by atoms with Crippen LogP contribution in [0.4, 0.5) is 0 Å². The van der Waals surface area contributed by atoms with Crippen molar-refractivity contribution >= 4 is 0 Å². The smallest absolute Gasteiger partial charge is 0.0861 e.